The molecule has 3 aliphatic carbocycles. The van der Waals surface area contributed by atoms with Gasteiger partial charge in [0.2, 0.25) is 0 Å². The first kappa shape index (κ1) is 9.85. The number of hydrogen-bond acceptors (Lipinski definition) is 0. The van der Waals surface area contributed by atoms with Crippen molar-refractivity contribution in [2.75, 3.05) is 0 Å². The summed E-state index contributed by atoms with van der Waals surface area (Å²) in [7, 11) is -0.995. The molecule has 0 atom stereocenters. The Morgan fingerprint density at radius 3 is 1.25 bits per heavy atom. The Morgan fingerprint density at radius 2 is 1.00 bits per heavy atom. The van der Waals surface area contributed by atoms with E-state index in [9.17, 15) is 0 Å². The second-order valence-corrected chi connectivity index (χ2v) is 7.65. The summed E-state index contributed by atoms with van der Waals surface area (Å²) in [5.41, 5.74) is 0. The third kappa shape index (κ3) is 1.72. The van der Waals surface area contributed by atoms with Crippen LogP contribution >= 0.6 is 0 Å². The molecule has 0 fully saturated rings. The van der Waals surface area contributed by atoms with E-state index in [4.69, 9.17) is 0 Å². The lowest BCUT2D eigenvalue weighted by Crippen LogP contribution is -2.22. The Bertz CT molecular complexity index is 398. The van der Waals surface area contributed by atoms with Crippen LogP contribution in [0.2, 0.25) is 0 Å². The van der Waals surface area contributed by atoms with Gasteiger partial charge in [0, 0.05) is 0 Å². The van der Waals surface area contributed by atoms with E-state index >= 15 is 0 Å². The van der Waals surface area contributed by atoms with Gasteiger partial charge in [-0.15, -0.1) is 0 Å². The summed E-state index contributed by atoms with van der Waals surface area (Å²) < 4.78 is 0. The molecule has 16 heavy (non-hydrogen) atoms. The van der Waals surface area contributed by atoms with Crippen LogP contribution in [0.5, 0.6) is 0 Å². The van der Waals surface area contributed by atoms with Gasteiger partial charge in [0.05, 0.1) is 0 Å². The zero-order valence-electron chi connectivity index (χ0n) is 9.39. The molecule has 0 heterocycles. The standard InChI is InChI=1S/C15H16Si/c1-2-8-13(7-1)16(14-9-3-4-10-14)15-11-5-6-12-15/h1-7,9,11,16H,8,10,12H2. The highest BCUT2D eigenvalue weighted by Crippen LogP contribution is 2.31. The molecule has 0 saturated heterocycles. The van der Waals surface area contributed by atoms with Crippen LogP contribution in [0.4, 0.5) is 0 Å². The average Bonchev–Trinajstić information content (AvgIpc) is 3.02. The molecular weight excluding hydrogens is 208 g/mol. The van der Waals surface area contributed by atoms with Crippen molar-refractivity contribution in [1.82, 2.24) is 0 Å². The molecule has 1 heteroatoms. The van der Waals surface area contributed by atoms with Gasteiger partial charge in [-0.3, -0.25) is 0 Å². The highest BCUT2D eigenvalue weighted by molar-refractivity contribution is 6.81. The molecule has 0 saturated carbocycles. The fourth-order valence-electron chi connectivity index (χ4n) is 2.75. The van der Waals surface area contributed by atoms with Crippen molar-refractivity contribution in [3.05, 3.63) is 70.3 Å². The first-order valence-corrected chi connectivity index (χ1v) is 7.75. The zero-order chi connectivity index (χ0) is 10.8. The van der Waals surface area contributed by atoms with Crippen LogP contribution in [0.15, 0.2) is 70.3 Å². The van der Waals surface area contributed by atoms with Gasteiger partial charge >= 0.3 is 0 Å². The molecule has 3 aliphatic rings. The van der Waals surface area contributed by atoms with Gasteiger partial charge in [0.1, 0.15) is 8.80 Å². The summed E-state index contributed by atoms with van der Waals surface area (Å²) in [5, 5.41) is 5.10. The Balaban J connectivity index is 1.89. The lowest BCUT2D eigenvalue weighted by molar-refractivity contribution is 1.29. The highest BCUT2D eigenvalue weighted by Gasteiger charge is 2.25. The van der Waals surface area contributed by atoms with E-state index in [1.165, 1.54) is 19.3 Å². The molecule has 0 unspecified atom stereocenters. The van der Waals surface area contributed by atoms with Crippen LogP contribution in [0, 0.1) is 0 Å². The Morgan fingerprint density at radius 1 is 0.625 bits per heavy atom. The van der Waals surface area contributed by atoms with E-state index in [0.717, 1.165) is 0 Å². The smallest absolute Gasteiger partial charge is 0.0809 e. The SMILES string of the molecule is C1=CCC([SiH](C2=CC=CC2)C2=CC=CC2)=C1. The molecule has 0 nitrogen and oxygen atoms in total. The number of allylic oxidation sites excluding steroid dienone is 12. The topological polar surface area (TPSA) is 0 Å². The monoisotopic (exact) mass is 224 g/mol. The third-order valence-electron chi connectivity index (χ3n) is 3.51. The molecule has 0 bridgehead atoms. The Labute approximate surface area is 98.7 Å². The van der Waals surface area contributed by atoms with Gasteiger partial charge < -0.3 is 0 Å². The van der Waals surface area contributed by atoms with Gasteiger partial charge in [-0.1, -0.05) is 70.3 Å². The van der Waals surface area contributed by atoms with Crippen LogP contribution in [0.3, 0.4) is 0 Å². The summed E-state index contributed by atoms with van der Waals surface area (Å²) in [5.74, 6) is 0. The fourth-order valence-corrected chi connectivity index (χ4v) is 6.20. The first-order chi connectivity index (χ1) is 7.95. The van der Waals surface area contributed by atoms with Gasteiger partial charge in [0.15, 0.2) is 0 Å². The van der Waals surface area contributed by atoms with Crippen molar-refractivity contribution in [3.8, 4) is 0 Å². The minimum atomic E-state index is -0.995. The van der Waals surface area contributed by atoms with E-state index in [-0.39, 0.29) is 0 Å². The van der Waals surface area contributed by atoms with Crippen molar-refractivity contribution in [2.24, 2.45) is 0 Å². The van der Waals surface area contributed by atoms with Crippen LogP contribution < -0.4 is 0 Å². The predicted molar refractivity (Wildman–Crippen MR) is 72.7 cm³/mol. The molecule has 0 aromatic carbocycles. The van der Waals surface area contributed by atoms with Crippen LogP contribution in [0.1, 0.15) is 19.3 Å². The molecular formula is C15H16Si. The second kappa shape index (κ2) is 4.26. The normalized spacial score (nSPS) is 21.9. The second-order valence-electron chi connectivity index (χ2n) is 4.55. The van der Waals surface area contributed by atoms with Gasteiger partial charge in [-0.05, 0) is 19.3 Å². The molecule has 0 spiro atoms. The van der Waals surface area contributed by atoms with Crippen molar-refractivity contribution in [2.45, 2.75) is 19.3 Å². The maximum absolute atomic E-state index is 2.36. The summed E-state index contributed by atoms with van der Waals surface area (Å²) in [6.45, 7) is 0. The van der Waals surface area contributed by atoms with Gasteiger partial charge in [0.25, 0.3) is 0 Å². The zero-order valence-corrected chi connectivity index (χ0v) is 10.5. The highest BCUT2D eigenvalue weighted by atomic mass is 28.3. The predicted octanol–water partition coefficient (Wildman–Crippen LogP) is 3.49. The van der Waals surface area contributed by atoms with Gasteiger partial charge in [-0.2, -0.15) is 0 Å². The van der Waals surface area contributed by atoms with Crippen LogP contribution in [0.25, 0.3) is 0 Å². The van der Waals surface area contributed by atoms with Crippen molar-refractivity contribution >= 4 is 8.80 Å². The maximum atomic E-state index is 2.36. The van der Waals surface area contributed by atoms with Crippen LogP contribution in [-0.2, 0) is 0 Å². The molecule has 0 aromatic heterocycles. The molecule has 0 amide bonds. The lowest BCUT2D eigenvalue weighted by Gasteiger charge is -2.20. The Hall–Kier alpha value is -1.34. The quantitative estimate of drug-likeness (QED) is 0.644. The Kier molecular flexibility index (Phi) is 2.62. The van der Waals surface area contributed by atoms with Crippen LogP contribution in [-0.4, -0.2) is 8.80 Å². The molecule has 0 aliphatic heterocycles. The number of hydrogen-bond donors (Lipinski definition) is 0. The summed E-state index contributed by atoms with van der Waals surface area (Å²) in [6, 6.07) is 0. The molecule has 0 N–H and O–H groups in total. The lowest BCUT2D eigenvalue weighted by atomic mass is 10.4. The van der Waals surface area contributed by atoms with E-state index in [0.29, 0.717) is 0 Å². The maximum Gasteiger partial charge on any atom is 0.120 e. The average molecular weight is 224 g/mol. The third-order valence-corrected chi connectivity index (χ3v) is 7.02. The first-order valence-electron chi connectivity index (χ1n) is 6.02. The van der Waals surface area contributed by atoms with E-state index < -0.39 is 8.80 Å². The van der Waals surface area contributed by atoms with Gasteiger partial charge in [-0.25, -0.2) is 0 Å². The summed E-state index contributed by atoms with van der Waals surface area (Å²) in [6.07, 6.45) is 24.2. The van der Waals surface area contributed by atoms with E-state index in [1.807, 2.05) is 0 Å². The summed E-state index contributed by atoms with van der Waals surface area (Å²) >= 11 is 0. The molecule has 3 rings (SSSR count). The largest absolute Gasteiger partial charge is 0.120 e. The molecule has 0 radical (unpaired) electrons. The number of rotatable bonds is 3. The van der Waals surface area contributed by atoms with Crippen molar-refractivity contribution < 1.29 is 0 Å². The molecule has 0 aromatic rings. The minimum absolute atomic E-state index is 0.995. The van der Waals surface area contributed by atoms with E-state index in [1.54, 1.807) is 15.6 Å². The van der Waals surface area contributed by atoms with Crippen molar-refractivity contribution in [1.29, 1.82) is 0 Å². The minimum Gasteiger partial charge on any atom is -0.0809 e. The van der Waals surface area contributed by atoms with Crippen molar-refractivity contribution in [3.63, 3.8) is 0 Å². The molecule has 80 valence electrons. The fraction of sp³-hybridized carbons (Fsp3) is 0.200. The summed E-state index contributed by atoms with van der Waals surface area (Å²) in [4.78, 5) is 0. The van der Waals surface area contributed by atoms with E-state index in [2.05, 4.69) is 54.7 Å².